The van der Waals surface area contributed by atoms with E-state index in [0.717, 1.165) is 49.0 Å². The molecule has 0 saturated carbocycles. The molecule has 0 unspecified atom stereocenters. The fraction of sp³-hybridized carbons (Fsp3) is 0.632. The monoisotopic (exact) mass is 406 g/mol. The predicted molar refractivity (Wildman–Crippen MR) is 110 cm³/mol. The maximum Gasteiger partial charge on any atom is 0.233 e. The molecule has 4 heterocycles. The van der Waals surface area contributed by atoms with E-state index in [2.05, 4.69) is 18.8 Å². The Kier molecular flexibility index (Phi) is 5.31. The van der Waals surface area contributed by atoms with Crippen molar-refractivity contribution in [3.63, 3.8) is 0 Å². The summed E-state index contributed by atoms with van der Waals surface area (Å²) in [6, 6.07) is 0. The van der Waals surface area contributed by atoms with Crippen molar-refractivity contribution in [2.75, 3.05) is 24.6 Å². The summed E-state index contributed by atoms with van der Waals surface area (Å²) in [6.45, 7) is 6.64. The lowest BCUT2D eigenvalue weighted by Gasteiger charge is -2.33. The van der Waals surface area contributed by atoms with Crippen LogP contribution in [0.1, 0.15) is 50.0 Å². The quantitative estimate of drug-likeness (QED) is 0.617. The minimum absolute atomic E-state index is 0.151. The lowest BCUT2D eigenvalue weighted by atomic mass is 9.90. The number of ether oxygens (including phenoxy) is 1. The molecule has 0 radical (unpaired) electrons. The zero-order chi connectivity index (χ0) is 19.0. The summed E-state index contributed by atoms with van der Waals surface area (Å²) in [4.78, 5) is 25.6. The number of likely N-dealkylation sites (tertiary alicyclic amines) is 1. The molecular weight excluding hydrogens is 380 g/mol. The summed E-state index contributed by atoms with van der Waals surface area (Å²) in [5.41, 5.74) is 7.40. The van der Waals surface area contributed by atoms with Gasteiger partial charge in [-0.2, -0.15) is 0 Å². The zero-order valence-electron chi connectivity index (χ0n) is 15.9. The number of aromatic nitrogens is 2. The molecule has 8 heteroatoms. The number of fused-ring (bicyclic) bond motifs is 3. The summed E-state index contributed by atoms with van der Waals surface area (Å²) in [7, 11) is 0. The third-order valence-corrected chi connectivity index (χ3v) is 7.56. The van der Waals surface area contributed by atoms with Crippen LogP contribution in [-0.2, 0) is 22.6 Å². The number of piperidine rings is 1. The number of amides is 1. The standard InChI is InChI=1S/C19H26N4O2S2/c1-3-19(2)9-12-13(10-25-19)27-17-15(12)16(20)21-18(22-17)26-11-14(24)23-7-5-4-6-8-23/h3-11H2,1-2H3,(H2,20,21,22)/t19-/m1/s1. The molecule has 27 heavy (non-hydrogen) atoms. The van der Waals surface area contributed by atoms with E-state index in [4.69, 9.17) is 15.5 Å². The smallest absolute Gasteiger partial charge is 0.233 e. The van der Waals surface area contributed by atoms with Gasteiger partial charge in [0.25, 0.3) is 0 Å². The van der Waals surface area contributed by atoms with Gasteiger partial charge in [0.15, 0.2) is 5.16 Å². The second kappa shape index (κ2) is 7.56. The van der Waals surface area contributed by atoms with E-state index >= 15 is 0 Å². The molecule has 2 aromatic heterocycles. The highest BCUT2D eigenvalue weighted by molar-refractivity contribution is 7.99. The Labute approximate surface area is 167 Å². The lowest BCUT2D eigenvalue weighted by molar-refractivity contribution is -0.129. The molecule has 1 fully saturated rings. The molecule has 1 saturated heterocycles. The van der Waals surface area contributed by atoms with Crippen molar-refractivity contribution in [1.29, 1.82) is 0 Å². The maximum atomic E-state index is 12.4. The van der Waals surface area contributed by atoms with Crippen molar-refractivity contribution in [2.24, 2.45) is 0 Å². The van der Waals surface area contributed by atoms with Gasteiger partial charge in [-0.15, -0.1) is 11.3 Å². The van der Waals surface area contributed by atoms with Gasteiger partial charge in [0.05, 0.1) is 23.3 Å². The first-order chi connectivity index (χ1) is 13.0. The van der Waals surface area contributed by atoms with E-state index in [9.17, 15) is 4.79 Å². The fourth-order valence-electron chi connectivity index (χ4n) is 3.73. The first kappa shape index (κ1) is 19.0. The third-order valence-electron chi connectivity index (χ3n) is 5.63. The third kappa shape index (κ3) is 3.79. The summed E-state index contributed by atoms with van der Waals surface area (Å²) in [5.74, 6) is 1.05. The number of thioether (sulfide) groups is 1. The van der Waals surface area contributed by atoms with E-state index in [1.807, 2.05) is 4.90 Å². The predicted octanol–water partition coefficient (Wildman–Crippen LogP) is 3.62. The number of hydrogen-bond donors (Lipinski definition) is 1. The molecule has 0 aromatic carbocycles. The lowest BCUT2D eigenvalue weighted by Crippen LogP contribution is -2.36. The van der Waals surface area contributed by atoms with Gasteiger partial charge in [-0.3, -0.25) is 4.79 Å². The highest BCUT2D eigenvalue weighted by atomic mass is 32.2. The van der Waals surface area contributed by atoms with Gasteiger partial charge in [-0.25, -0.2) is 9.97 Å². The number of rotatable bonds is 4. The normalized spacial score (nSPS) is 22.8. The van der Waals surface area contributed by atoms with E-state index in [1.54, 1.807) is 11.3 Å². The topological polar surface area (TPSA) is 81.3 Å². The molecule has 2 N–H and O–H groups in total. The van der Waals surface area contributed by atoms with Crippen molar-refractivity contribution in [3.05, 3.63) is 10.4 Å². The van der Waals surface area contributed by atoms with Crippen molar-refractivity contribution in [2.45, 2.75) is 63.3 Å². The Morgan fingerprint density at radius 3 is 2.85 bits per heavy atom. The molecule has 1 atom stereocenters. The molecule has 2 aliphatic rings. The van der Waals surface area contributed by atoms with Gasteiger partial charge in [-0.1, -0.05) is 18.7 Å². The Morgan fingerprint density at radius 1 is 1.33 bits per heavy atom. The maximum absolute atomic E-state index is 12.4. The van der Waals surface area contributed by atoms with Crippen LogP contribution in [0.4, 0.5) is 5.82 Å². The molecular formula is C19H26N4O2S2. The van der Waals surface area contributed by atoms with Gasteiger partial charge < -0.3 is 15.4 Å². The molecule has 0 spiro atoms. The molecule has 146 valence electrons. The Bertz CT molecular complexity index is 863. The molecule has 0 aliphatic carbocycles. The average molecular weight is 407 g/mol. The van der Waals surface area contributed by atoms with Crippen LogP contribution in [0, 0.1) is 0 Å². The minimum Gasteiger partial charge on any atom is -0.383 e. The summed E-state index contributed by atoms with van der Waals surface area (Å²) in [6.07, 6.45) is 5.22. The number of anilines is 1. The van der Waals surface area contributed by atoms with Crippen LogP contribution < -0.4 is 5.73 Å². The first-order valence-electron chi connectivity index (χ1n) is 9.61. The van der Waals surface area contributed by atoms with E-state index < -0.39 is 0 Å². The highest BCUT2D eigenvalue weighted by Crippen LogP contribution is 2.41. The number of hydrogen-bond acceptors (Lipinski definition) is 7. The SMILES string of the molecule is CC[C@]1(C)Cc2c(sc3nc(SCC(=O)N4CCCCC4)nc(N)c23)CO1. The highest BCUT2D eigenvalue weighted by Gasteiger charge is 2.33. The second-order valence-corrected chi connectivity index (χ2v) is 9.60. The molecule has 4 rings (SSSR count). The summed E-state index contributed by atoms with van der Waals surface area (Å²) >= 11 is 3.02. The van der Waals surface area contributed by atoms with E-state index in [-0.39, 0.29) is 11.5 Å². The van der Waals surface area contributed by atoms with E-state index in [0.29, 0.717) is 23.3 Å². The Balaban J connectivity index is 1.53. The van der Waals surface area contributed by atoms with Crippen molar-refractivity contribution < 1.29 is 9.53 Å². The number of thiophene rings is 1. The van der Waals surface area contributed by atoms with Gasteiger partial charge in [0, 0.05) is 24.4 Å². The summed E-state index contributed by atoms with van der Waals surface area (Å²) < 4.78 is 6.05. The van der Waals surface area contributed by atoms with Crippen LogP contribution in [0.5, 0.6) is 0 Å². The van der Waals surface area contributed by atoms with Crippen LogP contribution in [0.15, 0.2) is 5.16 Å². The van der Waals surface area contributed by atoms with Gasteiger partial charge in [0.1, 0.15) is 10.6 Å². The second-order valence-electron chi connectivity index (χ2n) is 7.57. The van der Waals surface area contributed by atoms with Crippen LogP contribution in [0.3, 0.4) is 0 Å². The number of nitrogens with two attached hydrogens (primary N) is 1. The first-order valence-corrected chi connectivity index (χ1v) is 11.4. The van der Waals surface area contributed by atoms with Crippen LogP contribution in [0.25, 0.3) is 10.2 Å². The number of nitrogen functional groups attached to an aromatic ring is 1. The van der Waals surface area contributed by atoms with Crippen molar-refractivity contribution in [3.8, 4) is 0 Å². The number of nitrogens with zero attached hydrogens (tertiary/aromatic N) is 3. The van der Waals surface area contributed by atoms with Gasteiger partial charge in [-0.05, 0) is 38.2 Å². The van der Waals surface area contributed by atoms with Crippen LogP contribution >= 0.6 is 23.1 Å². The largest absolute Gasteiger partial charge is 0.383 e. The molecule has 2 aromatic rings. The van der Waals surface area contributed by atoms with Crippen molar-refractivity contribution >= 4 is 45.0 Å². The van der Waals surface area contributed by atoms with Gasteiger partial charge in [0.2, 0.25) is 5.91 Å². The van der Waals surface area contributed by atoms with Crippen LogP contribution in [0.2, 0.25) is 0 Å². The van der Waals surface area contributed by atoms with Crippen LogP contribution in [-0.4, -0.2) is 45.2 Å². The van der Waals surface area contributed by atoms with Gasteiger partial charge >= 0.3 is 0 Å². The summed E-state index contributed by atoms with van der Waals surface area (Å²) in [5, 5.41) is 1.56. The van der Waals surface area contributed by atoms with E-state index in [1.165, 1.54) is 28.6 Å². The van der Waals surface area contributed by atoms with Crippen molar-refractivity contribution in [1.82, 2.24) is 14.9 Å². The number of carbonyl (C=O) groups excluding carboxylic acids is 1. The zero-order valence-corrected chi connectivity index (χ0v) is 17.5. The molecule has 1 amide bonds. The molecule has 6 nitrogen and oxygen atoms in total. The average Bonchev–Trinajstić information content (AvgIpc) is 3.04. The molecule has 2 aliphatic heterocycles. The fourth-order valence-corrected chi connectivity index (χ4v) is 5.65. The minimum atomic E-state index is -0.151. The number of carbonyl (C=O) groups is 1. The Hall–Kier alpha value is -1.38. The Morgan fingerprint density at radius 2 is 2.11 bits per heavy atom. The molecule has 0 bridgehead atoms.